The van der Waals surface area contributed by atoms with Gasteiger partial charge in [-0.1, -0.05) is 45.0 Å². The molecule has 0 saturated heterocycles. The Morgan fingerprint density at radius 3 is 1.89 bits per heavy atom. The Morgan fingerprint density at radius 2 is 1.41 bits per heavy atom. The van der Waals surface area contributed by atoms with Crippen molar-refractivity contribution in [2.45, 2.75) is 51.5 Å². The van der Waals surface area contributed by atoms with Gasteiger partial charge in [-0.05, 0) is 53.6 Å². The fourth-order valence-electron chi connectivity index (χ4n) is 2.74. The fraction of sp³-hybridized carbons (Fsp3) is 0.364. The topological polar surface area (TPSA) is 70.2 Å². The third-order valence-corrected chi connectivity index (χ3v) is 4.53. The van der Waals surface area contributed by atoms with Gasteiger partial charge in [0.25, 0.3) is 0 Å². The van der Waals surface area contributed by atoms with Crippen LogP contribution in [0.1, 0.15) is 44.7 Å². The summed E-state index contributed by atoms with van der Waals surface area (Å²) in [6.07, 6.45) is 2.54. The molecule has 3 rings (SSSR count). The number of hydrogen-bond donors (Lipinski definition) is 3. The highest BCUT2D eigenvalue weighted by Gasteiger charge is 2.23. The van der Waals surface area contributed by atoms with Crippen LogP contribution in [-0.4, -0.2) is 18.0 Å². The first-order valence-electron chi connectivity index (χ1n) is 9.36. The second-order valence-corrected chi connectivity index (χ2v) is 8.12. The molecule has 2 aromatic carbocycles. The molecule has 0 spiro atoms. The van der Waals surface area contributed by atoms with Gasteiger partial charge >= 0.3 is 6.03 Å². The predicted molar refractivity (Wildman–Crippen MR) is 109 cm³/mol. The first kappa shape index (κ1) is 19.0. The molecule has 1 aliphatic rings. The van der Waals surface area contributed by atoms with Crippen molar-refractivity contribution in [1.82, 2.24) is 5.32 Å². The van der Waals surface area contributed by atoms with Crippen molar-refractivity contribution in [2.24, 2.45) is 0 Å². The molecule has 0 bridgehead atoms. The average Bonchev–Trinajstić information content (AvgIpc) is 3.40. The average molecular weight is 365 g/mol. The number of nitrogens with one attached hydrogen (secondary N) is 3. The minimum absolute atomic E-state index is 0.0506. The summed E-state index contributed by atoms with van der Waals surface area (Å²) in [6.45, 7) is 6.46. The van der Waals surface area contributed by atoms with E-state index in [0.717, 1.165) is 24.1 Å². The normalized spacial score (nSPS) is 13.7. The Morgan fingerprint density at radius 1 is 0.889 bits per heavy atom. The zero-order chi connectivity index (χ0) is 19.4. The highest BCUT2D eigenvalue weighted by atomic mass is 16.2. The van der Waals surface area contributed by atoms with E-state index in [0.29, 0.717) is 18.2 Å². The number of carbonyl (C=O) groups is 2. The SMILES string of the molecule is CC(C)(C)c1ccc(NC(=O)Nc2ccc(CC(=O)NC3CC3)cc2)cc1. The van der Waals surface area contributed by atoms with E-state index in [1.165, 1.54) is 5.56 Å². The van der Waals surface area contributed by atoms with Gasteiger partial charge in [-0.25, -0.2) is 4.79 Å². The number of benzene rings is 2. The summed E-state index contributed by atoms with van der Waals surface area (Å²) in [6, 6.07) is 15.3. The smallest absolute Gasteiger partial charge is 0.323 e. The monoisotopic (exact) mass is 365 g/mol. The second kappa shape index (κ2) is 7.82. The molecular formula is C22H27N3O2. The molecule has 0 aliphatic heterocycles. The summed E-state index contributed by atoms with van der Waals surface area (Å²) >= 11 is 0. The van der Waals surface area contributed by atoms with E-state index in [2.05, 4.69) is 36.7 Å². The van der Waals surface area contributed by atoms with Crippen LogP contribution in [0, 0.1) is 0 Å². The fourth-order valence-corrected chi connectivity index (χ4v) is 2.74. The Hall–Kier alpha value is -2.82. The molecule has 0 aromatic heterocycles. The van der Waals surface area contributed by atoms with E-state index in [1.807, 2.05) is 48.5 Å². The molecular weight excluding hydrogens is 338 g/mol. The number of rotatable bonds is 5. The van der Waals surface area contributed by atoms with Crippen LogP contribution in [0.5, 0.6) is 0 Å². The molecule has 1 fully saturated rings. The molecule has 3 amide bonds. The number of hydrogen-bond acceptors (Lipinski definition) is 2. The Balaban J connectivity index is 1.50. The molecule has 1 aliphatic carbocycles. The first-order valence-corrected chi connectivity index (χ1v) is 9.36. The molecule has 0 atom stereocenters. The lowest BCUT2D eigenvalue weighted by atomic mass is 9.87. The first-order chi connectivity index (χ1) is 12.8. The summed E-state index contributed by atoms with van der Waals surface area (Å²) in [7, 11) is 0. The van der Waals surface area contributed by atoms with Gasteiger partial charge in [0.1, 0.15) is 0 Å². The van der Waals surface area contributed by atoms with Crippen molar-refractivity contribution < 1.29 is 9.59 Å². The summed E-state index contributed by atoms with van der Waals surface area (Å²) in [4.78, 5) is 24.0. The molecule has 5 heteroatoms. The van der Waals surface area contributed by atoms with Gasteiger partial charge in [0.2, 0.25) is 5.91 Å². The number of amides is 3. The molecule has 0 unspecified atom stereocenters. The van der Waals surface area contributed by atoms with Gasteiger partial charge in [-0.15, -0.1) is 0 Å². The minimum Gasteiger partial charge on any atom is -0.353 e. The Labute approximate surface area is 160 Å². The zero-order valence-corrected chi connectivity index (χ0v) is 16.1. The molecule has 0 radical (unpaired) electrons. The quantitative estimate of drug-likeness (QED) is 0.733. The summed E-state index contributed by atoms with van der Waals surface area (Å²) < 4.78 is 0. The van der Waals surface area contributed by atoms with Crippen LogP contribution in [0.25, 0.3) is 0 Å². The van der Waals surface area contributed by atoms with Crippen molar-refractivity contribution in [3.8, 4) is 0 Å². The number of carbonyl (C=O) groups excluding carboxylic acids is 2. The van der Waals surface area contributed by atoms with E-state index >= 15 is 0 Å². The largest absolute Gasteiger partial charge is 0.353 e. The number of urea groups is 1. The lowest BCUT2D eigenvalue weighted by Gasteiger charge is -2.19. The van der Waals surface area contributed by atoms with Gasteiger partial charge in [-0.3, -0.25) is 4.79 Å². The van der Waals surface area contributed by atoms with E-state index in [-0.39, 0.29) is 17.4 Å². The van der Waals surface area contributed by atoms with Crippen molar-refractivity contribution >= 4 is 23.3 Å². The predicted octanol–water partition coefficient (Wildman–Crippen LogP) is 4.45. The maximum Gasteiger partial charge on any atom is 0.323 e. The lowest BCUT2D eigenvalue weighted by Crippen LogP contribution is -2.26. The third kappa shape index (κ3) is 5.84. The molecule has 27 heavy (non-hydrogen) atoms. The molecule has 0 heterocycles. The number of anilines is 2. The van der Waals surface area contributed by atoms with E-state index in [1.54, 1.807) is 0 Å². The van der Waals surface area contributed by atoms with Crippen molar-refractivity contribution in [3.63, 3.8) is 0 Å². The standard InChI is InChI=1S/C22H27N3O2/c1-22(2,3)16-6-10-19(11-7-16)25-21(27)24-18-8-4-15(5-9-18)14-20(26)23-17-12-13-17/h4-11,17H,12-14H2,1-3H3,(H,23,26)(H2,24,25,27). The lowest BCUT2D eigenvalue weighted by molar-refractivity contribution is -0.120. The van der Waals surface area contributed by atoms with Crippen LogP contribution in [0.2, 0.25) is 0 Å². The summed E-state index contributed by atoms with van der Waals surface area (Å²) in [5.41, 5.74) is 3.66. The highest BCUT2D eigenvalue weighted by Crippen LogP contribution is 2.23. The van der Waals surface area contributed by atoms with Gasteiger partial charge in [0.05, 0.1) is 6.42 Å². The Kier molecular flexibility index (Phi) is 5.49. The van der Waals surface area contributed by atoms with Crippen LogP contribution in [0.3, 0.4) is 0 Å². The van der Waals surface area contributed by atoms with Gasteiger partial charge in [0, 0.05) is 17.4 Å². The highest BCUT2D eigenvalue weighted by molar-refractivity contribution is 5.99. The van der Waals surface area contributed by atoms with Gasteiger partial charge in [0.15, 0.2) is 0 Å². The summed E-state index contributed by atoms with van der Waals surface area (Å²) in [5.74, 6) is 0.0506. The zero-order valence-electron chi connectivity index (χ0n) is 16.1. The molecule has 1 saturated carbocycles. The van der Waals surface area contributed by atoms with Crippen molar-refractivity contribution in [2.75, 3.05) is 10.6 Å². The van der Waals surface area contributed by atoms with Crippen LogP contribution in [0.4, 0.5) is 16.2 Å². The van der Waals surface area contributed by atoms with Crippen molar-refractivity contribution in [1.29, 1.82) is 0 Å². The van der Waals surface area contributed by atoms with Crippen molar-refractivity contribution in [3.05, 3.63) is 59.7 Å². The minimum atomic E-state index is -0.294. The Bertz CT molecular complexity index is 801. The third-order valence-electron chi connectivity index (χ3n) is 4.53. The maximum atomic E-state index is 12.2. The van der Waals surface area contributed by atoms with Crippen LogP contribution in [0.15, 0.2) is 48.5 Å². The molecule has 142 valence electrons. The van der Waals surface area contributed by atoms with Gasteiger partial charge < -0.3 is 16.0 Å². The van der Waals surface area contributed by atoms with E-state index < -0.39 is 0 Å². The molecule has 2 aromatic rings. The maximum absolute atomic E-state index is 12.2. The van der Waals surface area contributed by atoms with E-state index in [9.17, 15) is 9.59 Å². The van der Waals surface area contributed by atoms with Crippen LogP contribution >= 0.6 is 0 Å². The second-order valence-electron chi connectivity index (χ2n) is 8.12. The van der Waals surface area contributed by atoms with Gasteiger partial charge in [-0.2, -0.15) is 0 Å². The van der Waals surface area contributed by atoms with E-state index in [4.69, 9.17) is 0 Å². The summed E-state index contributed by atoms with van der Waals surface area (Å²) in [5, 5.41) is 8.61. The molecule has 5 nitrogen and oxygen atoms in total. The molecule has 3 N–H and O–H groups in total. The van der Waals surface area contributed by atoms with Crippen LogP contribution in [-0.2, 0) is 16.6 Å². The van der Waals surface area contributed by atoms with Crippen LogP contribution < -0.4 is 16.0 Å².